The monoisotopic (exact) mass is 190 g/mol. The van der Waals surface area contributed by atoms with E-state index in [0.29, 0.717) is 5.33 Å². The van der Waals surface area contributed by atoms with Crippen molar-refractivity contribution in [2.75, 3.05) is 18.4 Å². The lowest BCUT2D eigenvalue weighted by Crippen LogP contribution is -2.27. The number of likely N-dealkylation sites (tertiary alicyclic amines) is 1. The minimum Gasteiger partial charge on any atom is -0.360 e. The van der Waals surface area contributed by atoms with E-state index in [1.165, 1.54) is 12.8 Å². The fourth-order valence-corrected chi connectivity index (χ4v) is 1.43. The van der Waals surface area contributed by atoms with Crippen LogP contribution in [0.25, 0.3) is 0 Å². The van der Waals surface area contributed by atoms with Crippen LogP contribution in [0.5, 0.6) is 0 Å². The van der Waals surface area contributed by atoms with E-state index >= 15 is 0 Å². The fraction of sp³-hybridized carbons (Fsp3) is 0.833. The topological polar surface area (TPSA) is 27.1 Å². The molecular formula is C6H11BrN2. The first-order chi connectivity index (χ1) is 4.34. The molecule has 1 heterocycles. The minimum absolute atomic E-state index is 0.701. The summed E-state index contributed by atoms with van der Waals surface area (Å²) in [5, 5.41) is 8.12. The maximum absolute atomic E-state index is 7.41. The van der Waals surface area contributed by atoms with Gasteiger partial charge in [0.15, 0.2) is 0 Å². The highest BCUT2D eigenvalue weighted by atomic mass is 79.9. The van der Waals surface area contributed by atoms with Crippen molar-refractivity contribution >= 4 is 21.8 Å². The van der Waals surface area contributed by atoms with Crippen molar-refractivity contribution in [2.45, 2.75) is 12.8 Å². The maximum atomic E-state index is 7.41. The lowest BCUT2D eigenvalue weighted by atomic mass is 10.4. The second-order valence-corrected chi connectivity index (χ2v) is 2.84. The Morgan fingerprint density at radius 3 is 2.44 bits per heavy atom. The zero-order valence-electron chi connectivity index (χ0n) is 5.36. The van der Waals surface area contributed by atoms with Crippen LogP contribution in [0.4, 0.5) is 0 Å². The molecule has 1 rings (SSSR count). The average molecular weight is 191 g/mol. The van der Waals surface area contributed by atoms with Crippen LogP contribution >= 0.6 is 15.9 Å². The van der Waals surface area contributed by atoms with Crippen LogP contribution in [0.15, 0.2) is 0 Å². The Morgan fingerprint density at radius 1 is 1.44 bits per heavy atom. The van der Waals surface area contributed by atoms with Gasteiger partial charge >= 0.3 is 0 Å². The van der Waals surface area contributed by atoms with Gasteiger partial charge in [0.05, 0.1) is 5.33 Å². The maximum Gasteiger partial charge on any atom is 0.107 e. The third-order valence-corrected chi connectivity index (χ3v) is 2.15. The SMILES string of the molecule is N=C(CBr)N1CCCC1. The van der Waals surface area contributed by atoms with Gasteiger partial charge in [-0.1, -0.05) is 15.9 Å². The number of nitrogens with one attached hydrogen (secondary N) is 1. The Labute approximate surface area is 63.9 Å². The van der Waals surface area contributed by atoms with Crippen LogP contribution in [0.3, 0.4) is 0 Å². The van der Waals surface area contributed by atoms with Gasteiger partial charge in [-0.05, 0) is 12.8 Å². The molecular weight excluding hydrogens is 180 g/mol. The first kappa shape index (κ1) is 7.06. The minimum atomic E-state index is 0.701. The van der Waals surface area contributed by atoms with E-state index in [2.05, 4.69) is 20.8 Å². The lowest BCUT2D eigenvalue weighted by Gasteiger charge is -2.15. The van der Waals surface area contributed by atoms with E-state index in [0.717, 1.165) is 18.9 Å². The summed E-state index contributed by atoms with van der Waals surface area (Å²) in [7, 11) is 0. The van der Waals surface area contributed by atoms with Crippen molar-refractivity contribution in [3.8, 4) is 0 Å². The van der Waals surface area contributed by atoms with Gasteiger partial charge in [-0.15, -0.1) is 0 Å². The number of nitrogens with zero attached hydrogens (tertiary/aromatic N) is 1. The third-order valence-electron chi connectivity index (χ3n) is 1.61. The number of halogens is 1. The number of rotatable bonds is 1. The molecule has 0 radical (unpaired) electrons. The highest BCUT2D eigenvalue weighted by Gasteiger charge is 2.12. The standard InChI is InChI=1S/C6H11BrN2/c7-5-6(8)9-3-1-2-4-9/h8H,1-5H2. The van der Waals surface area contributed by atoms with Crippen molar-refractivity contribution in [3.05, 3.63) is 0 Å². The van der Waals surface area contributed by atoms with Gasteiger partial charge < -0.3 is 4.90 Å². The molecule has 3 heteroatoms. The molecule has 1 aliphatic heterocycles. The van der Waals surface area contributed by atoms with Crippen LogP contribution in [0.1, 0.15) is 12.8 Å². The smallest absolute Gasteiger partial charge is 0.107 e. The van der Waals surface area contributed by atoms with Crippen molar-refractivity contribution < 1.29 is 0 Å². The van der Waals surface area contributed by atoms with E-state index in [9.17, 15) is 0 Å². The number of alkyl halides is 1. The molecule has 0 aromatic rings. The van der Waals surface area contributed by atoms with Gasteiger partial charge in [-0.3, -0.25) is 5.41 Å². The Kier molecular flexibility index (Phi) is 2.51. The first-order valence-corrected chi connectivity index (χ1v) is 4.35. The number of hydrogen-bond acceptors (Lipinski definition) is 1. The van der Waals surface area contributed by atoms with Gasteiger partial charge in [-0.25, -0.2) is 0 Å². The molecule has 52 valence electrons. The van der Waals surface area contributed by atoms with Crippen molar-refractivity contribution in [1.82, 2.24) is 4.90 Å². The predicted molar refractivity (Wildman–Crippen MR) is 42.3 cm³/mol. The molecule has 0 amide bonds. The summed E-state index contributed by atoms with van der Waals surface area (Å²) in [5.74, 6) is 0.729. The second kappa shape index (κ2) is 3.20. The molecule has 0 spiro atoms. The molecule has 0 aromatic heterocycles. The molecule has 1 N–H and O–H groups in total. The highest BCUT2D eigenvalue weighted by Crippen LogP contribution is 2.07. The predicted octanol–water partition coefficient (Wildman–Crippen LogP) is 1.45. The summed E-state index contributed by atoms with van der Waals surface area (Å²) in [6.45, 7) is 2.18. The third kappa shape index (κ3) is 1.68. The van der Waals surface area contributed by atoms with Crippen molar-refractivity contribution in [1.29, 1.82) is 5.41 Å². The molecule has 0 atom stereocenters. The van der Waals surface area contributed by atoms with Crippen LogP contribution in [0.2, 0.25) is 0 Å². The average Bonchev–Trinajstić information content (AvgIpc) is 2.37. The molecule has 0 bridgehead atoms. The first-order valence-electron chi connectivity index (χ1n) is 3.23. The van der Waals surface area contributed by atoms with Gasteiger partial charge in [0.2, 0.25) is 0 Å². The molecule has 1 fully saturated rings. The van der Waals surface area contributed by atoms with E-state index < -0.39 is 0 Å². The Hall–Kier alpha value is -0.0500. The van der Waals surface area contributed by atoms with Crippen molar-refractivity contribution in [3.63, 3.8) is 0 Å². The molecule has 0 aromatic carbocycles. The summed E-state index contributed by atoms with van der Waals surface area (Å²) in [4.78, 5) is 2.12. The summed E-state index contributed by atoms with van der Waals surface area (Å²) in [6, 6.07) is 0. The molecule has 0 unspecified atom stereocenters. The van der Waals surface area contributed by atoms with Gasteiger partial charge in [0.1, 0.15) is 5.84 Å². The summed E-state index contributed by atoms with van der Waals surface area (Å²) in [6.07, 6.45) is 2.52. The van der Waals surface area contributed by atoms with Crippen LogP contribution < -0.4 is 0 Å². The van der Waals surface area contributed by atoms with E-state index in [-0.39, 0.29) is 0 Å². The lowest BCUT2D eigenvalue weighted by molar-refractivity contribution is 0.514. The number of hydrogen-bond donors (Lipinski definition) is 1. The Morgan fingerprint density at radius 2 is 2.00 bits per heavy atom. The number of amidine groups is 1. The van der Waals surface area contributed by atoms with E-state index in [1.54, 1.807) is 0 Å². The zero-order valence-corrected chi connectivity index (χ0v) is 6.95. The van der Waals surface area contributed by atoms with Gasteiger partial charge in [0, 0.05) is 13.1 Å². The summed E-state index contributed by atoms with van der Waals surface area (Å²) in [5.41, 5.74) is 0. The molecule has 1 aliphatic rings. The zero-order chi connectivity index (χ0) is 6.69. The van der Waals surface area contributed by atoms with Crippen LogP contribution in [-0.4, -0.2) is 29.2 Å². The quantitative estimate of drug-likeness (QED) is 0.379. The molecule has 2 nitrogen and oxygen atoms in total. The Balaban J connectivity index is 2.32. The normalized spacial score (nSPS) is 18.6. The van der Waals surface area contributed by atoms with Crippen molar-refractivity contribution in [2.24, 2.45) is 0 Å². The molecule has 0 saturated carbocycles. The summed E-state index contributed by atoms with van der Waals surface area (Å²) >= 11 is 3.26. The van der Waals surface area contributed by atoms with Gasteiger partial charge in [0.25, 0.3) is 0 Å². The highest BCUT2D eigenvalue weighted by molar-refractivity contribution is 9.09. The summed E-state index contributed by atoms with van der Waals surface area (Å²) < 4.78 is 0. The fourth-order valence-electron chi connectivity index (χ4n) is 1.07. The van der Waals surface area contributed by atoms with Crippen LogP contribution in [0, 0.1) is 5.41 Å². The molecule has 9 heavy (non-hydrogen) atoms. The van der Waals surface area contributed by atoms with E-state index in [4.69, 9.17) is 5.41 Å². The van der Waals surface area contributed by atoms with Crippen LogP contribution in [-0.2, 0) is 0 Å². The largest absolute Gasteiger partial charge is 0.360 e. The molecule has 0 aliphatic carbocycles. The van der Waals surface area contributed by atoms with E-state index in [1.807, 2.05) is 0 Å². The second-order valence-electron chi connectivity index (χ2n) is 2.27. The van der Waals surface area contributed by atoms with Gasteiger partial charge in [-0.2, -0.15) is 0 Å². The Bertz CT molecular complexity index is 108. The molecule has 1 saturated heterocycles.